The zero-order valence-corrected chi connectivity index (χ0v) is 8.84. The maximum absolute atomic E-state index is 13.2. The van der Waals surface area contributed by atoms with Crippen LogP contribution in [0.15, 0.2) is 18.2 Å². The fraction of sp³-hybridized carbons (Fsp3) is 0.455. The van der Waals surface area contributed by atoms with Crippen molar-refractivity contribution in [3.63, 3.8) is 0 Å². The lowest BCUT2D eigenvalue weighted by molar-refractivity contribution is 0.174. The number of hydrogen-bond acceptors (Lipinski definition) is 3. The minimum atomic E-state index is -1.23. The van der Waals surface area contributed by atoms with Crippen molar-refractivity contribution in [3.8, 4) is 11.5 Å². The van der Waals surface area contributed by atoms with Crippen molar-refractivity contribution in [2.45, 2.75) is 19.5 Å². The summed E-state index contributed by atoms with van der Waals surface area (Å²) in [6, 6.07) is 5.48. The van der Waals surface area contributed by atoms with Crippen molar-refractivity contribution < 1.29 is 13.9 Å². The Labute approximate surface area is 88.2 Å². The molecule has 82 valence electrons. The van der Waals surface area contributed by atoms with Crippen LogP contribution >= 0.6 is 0 Å². The summed E-state index contributed by atoms with van der Waals surface area (Å²) < 4.78 is 23.6. The van der Waals surface area contributed by atoms with Crippen LogP contribution in [0.1, 0.15) is 13.8 Å². The number of fused-ring (bicyclic) bond motifs is 1. The molecule has 0 amide bonds. The summed E-state index contributed by atoms with van der Waals surface area (Å²) in [4.78, 5) is 0. The molecule has 0 fully saturated rings. The summed E-state index contributed by atoms with van der Waals surface area (Å²) in [7, 11) is 0. The number of hydrogen-bond donors (Lipinski definition) is 1. The van der Waals surface area contributed by atoms with Crippen molar-refractivity contribution in [2.24, 2.45) is 0 Å². The third-order valence-corrected chi connectivity index (χ3v) is 2.09. The van der Waals surface area contributed by atoms with Crippen LogP contribution in [0.4, 0.5) is 10.1 Å². The van der Waals surface area contributed by atoms with E-state index in [2.05, 4.69) is 5.32 Å². The number of ether oxygens (including phenoxy) is 2. The number of benzene rings is 1. The molecular weight excluding hydrogens is 197 g/mol. The van der Waals surface area contributed by atoms with Gasteiger partial charge >= 0.3 is 0 Å². The van der Waals surface area contributed by atoms with Crippen LogP contribution in [0.5, 0.6) is 11.5 Å². The normalized spacial score (nSPS) is 14.1. The van der Waals surface area contributed by atoms with Crippen LogP contribution in [0, 0.1) is 0 Å². The van der Waals surface area contributed by atoms with Crippen molar-refractivity contribution in [3.05, 3.63) is 18.2 Å². The Hall–Kier alpha value is -1.45. The Morgan fingerprint density at radius 1 is 1.33 bits per heavy atom. The Bertz CT molecular complexity index is 360. The summed E-state index contributed by atoms with van der Waals surface area (Å²) in [5.41, 5.74) is -0.388. The predicted octanol–water partition coefficient (Wildman–Crippen LogP) is 2.58. The Kier molecular flexibility index (Phi) is 2.42. The Balaban J connectivity index is 2.04. The van der Waals surface area contributed by atoms with Gasteiger partial charge in [-0.15, -0.1) is 0 Å². The van der Waals surface area contributed by atoms with E-state index >= 15 is 0 Å². The molecule has 2 rings (SSSR count). The predicted molar refractivity (Wildman–Crippen MR) is 56.2 cm³/mol. The Morgan fingerprint density at radius 2 is 2.07 bits per heavy atom. The number of rotatable bonds is 3. The fourth-order valence-corrected chi connectivity index (χ4v) is 1.32. The van der Waals surface area contributed by atoms with Crippen LogP contribution in [-0.4, -0.2) is 19.0 Å². The number of nitrogens with one attached hydrogen (secondary N) is 1. The average Bonchev–Trinajstić information content (AvgIpc) is 2.60. The zero-order chi connectivity index (χ0) is 10.9. The standard InChI is InChI=1S/C11H14FNO2/c1-11(2,12)6-13-8-3-4-9-10(5-8)15-7-14-9/h3-5,13H,6-7H2,1-2H3. The van der Waals surface area contributed by atoms with E-state index in [0.29, 0.717) is 5.75 Å². The van der Waals surface area contributed by atoms with Crippen molar-refractivity contribution in [1.82, 2.24) is 0 Å². The van der Waals surface area contributed by atoms with E-state index in [1.807, 2.05) is 18.2 Å². The van der Waals surface area contributed by atoms with Crippen molar-refractivity contribution in [2.75, 3.05) is 18.7 Å². The molecule has 1 aliphatic rings. The van der Waals surface area contributed by atoms with Gasteiger partial charge in [-0.2, -0.15) is 0 Å². The second kappa shape index (κ2) is 3.61. The molecule has 3 nitrogen and oxygen atoms in total. The monoisotopic (exact) mass is 211 g/mol. The van der Waals surface area contributed by atoms with Crippen LogP contribution < -0.4 is 14.8 Å². The lowest BCUT2D eigenvalue weighted by atomic mass is 10.1. The van der Waals surface area contributed by atoms with Crippen molar-refractivity contribution >= 4 is 5.69 Å². The molecule has 1 N–H and O–H groups in total. The van der Waals surface area contributed by atoms with Gasteiger partial charge in [-0.25, -0.2) is 4.39 Å². The van der Waals surface area contributed by atoms with Gasteiger partial charge in [-0.3, -0.25) is 0 Å². The summed E-state index contributed by atoms with van der Waals surface area (Å²) in [6.45, 7) is 3.60. The van der Waals surface area contributed by atoms with E-state index in [1.165, 1.54) is 13.8 Å². The molecule has 0 atom stereocenters. The zero-order valence-electron chi connectivity index (χ0n) is 8.84. The highest BCUT2D eigenvalue weighted by atomic mass is 19.1. The molecule has 0 unspecified atom stereocenters. The summed E-state index contributed by atoms with van der Waals surface area (Å²) in [5.74, 6) is 1.44. The molecular formula is C11H14FNO2. The molecule has 4 heteroatoms. The lowest BCUT2D eigenvalue weighted by Crippen LogP contribution is -2.24. The van der Waals surface area contributed by atoms with Crippen molar-refractivity contribution in [1.29, 1.82) is 0 Å². The highest BCUT2D eigenvalue weighted by Gasteiger charge is 2.16. The van der Waals surface area contributed by atoms with E-state index in [-0.39, 0.29) is 13.3 Å². The van der Waals surface area contributed by atoms with E-state index in [4.69, 9.17) is 9.47 Å². The maximum atomic E-state index is 13.2. The van der Waals surface area contributed by atoms with E-state index in [1.54, 1.807) is 0 Å². The first kappa shape index (κ1) is 10.1. The molecule has 0 saturated heterocycles. The molecule has 0 aromatic heterocycles. The SMILES string of the molecule is CC(C)(F)CNc1ccc2c(c1)OCO2. The first-order chi connectivity index (χ1) is 7.04. The molecule has 15 heavy (non-hydrogen) atoms. The van der Waals surface area contributed by atoms with E-state index in [9.17, 15) is 4.39 Å². The van der Waals surface area contributed by atoms with Gasteiger partial charge in [-0.1, -0.05) is 0 Å². The third-order valence-electron chi connectivity index (χ3n) is 2.09. The van der Waals surface area contributed by atoms with Gasteiger partial charge in [0.05, 0.1) is 0 Å². The first-order valence-electron chi connectivity index (χ1n) is 4.87. The molecule has 0 bridgehead atoms. The molecule has 0 aliphatic carbocycles. The van der Waals surface area contributed by atoms with E-state index < -0.39 is 5.67 Å². The van der Waals surface area contributed by atoms with Gasteiger partial charge in [0, 0.05) is 18.3 Å². The molecule has 0 spiro atoms. The maximum Gasteiger partial charge on any atom is 0.231 e. The van der Waals surface area contributed by atoms with Gasteiger partial charge in [0.25, 0.3) is 0 Å². The number of halogens is 1. The first-order valence-corrected chi connectivity index (χ1v) is 4.87. The average molecular weight is 211 g/mol. The van der Waals surface area contributed by atoms with Crippen LogP contribution in [0.2, 0.25) is 0 Å². The van der Waals surface area contributed by atoms with Gasteiger partial charge in [0.15, 0.2) is 11.5 Å². The highest BCUT2D eigenvalue weighted by Crippen LogP contribution is 2.34. The van der Waals surface area contributed by atoms with Crippen LogP contribution in [0.3, 0.4) is 0 Å². The van der Waals surface area contributed by atoms with Gasteiger partial charge in [0.1, 0.15) is 5.67 Å². The topological polar surface area (TPSA) is 30.5 Å². The third kappa shape index (κ3) is 2.52. The Morgan fingerprint density at radius 3 is 2.80 bits per heavy atom. The quantitative estimate of drug-likeness (QED) is 0.833. The minimum Gasteiger partial charge on any atom is -0.454 e. The van der Waals surface area contributed by atoms with Crippen LogP contribution in [0.25, 0.3) is 0 Å². The molecule has 0 radical (unpaired) electrons. The molecule has 1 aliphatic heterocycles. The summed E-state index contributed by atoms with van der Waals surface area (Å²) in [6.07, 6.45) is 0. The second-order valence-corrected chi connectivity index (χ2v) is 4.14. The lowest BCUT2D eigenvalue weighted by Gasteiger charge is -2.15. The minimum absolute atomic E-state index is 0.257. The second-order valence-electron chi connectivity index (χ2n) is 4.14. The molecule has 1 aromatic carbocycles. The fourth-order valence-electron chi connectivity index (χ4n) is 1.32. The molecule has 1 heterocycles. The summed E-state index contributed by atoms with van der Waals surface area (Å²) >= 11 is 0. The van der Waals surface area contributed by atoms with Crippen LogP contribution in [-0.2, 0) is 0 Å². The molecule has 0 saturated carbocycles. The number of alkyl halides is 1. The molecule has 1 aromatic rings. The smallest absolute Gasteiger partial charge is 0.231 e. The number of anilines is 1. The van der Waals surface area contributed by atoms with Gasteiger partial charge < -0.3 is 14.8 Å². The summed E-state index contributed by atoms with van der Waals surface area (Å²) in [5, 5.41) is 3.00. The van der Waals surface area contributed by atoms with Gasteiger partial charge in [0.2, 0.25) is 6.79 Å². The highest BCUT2D eigenvalue weighted by molar-refractivity contribution is 5.55. The van der Waals surface area contributed by atoms with Gasteiger partial charge in [-0.05, 0) is 26.0 Å². The largest absolute Gasteiger partial charge is 0.454 e. The van der Waals surface area contributed by atoms with E-state index in [0.717, 1.165) is 11.4 Å².